The monoisotopic (exact) mass is 303 g/mol. The number of fused-ring (bicyclic) bond motifs is 1. The van der Waals surface area contributed by atoms with E-state index in [-0.39, 0.29) is 12.7 Å². The SMILES string of the molecule is O=C(NC1CC1)c1csc(Nc2ccc3c(c2)OCO3)n1. The van der Waals surface area contributed by atoms with Gasteiger partial charge in [0, 0.05) is 23.2 Å². The van der Waals surface area contributed by atoms with Crippen LogP contribution in [0.1, 0.15) is 23.3 Å². The molecule has 1 aromatic heterocycles. The second kappa shape index (κ2) is 4.92. The lowest BCUT2D eigenvalue weighted by Crippen LogP contribution is -2.25. The molecule has 1 aliphatic carbocycles. The summed E-state index contributed by atoms with van der Waals surface area (Å²) in [4.78, 5) is 16.2. The molecular weight excluding hydrogens is 290 g/mol. The van der Waals surface area contributed by atoms with E-state index in [1.54, 1.807) is 5.38 Å². The van der Waals surface area contributed by atoms with Crippen LogP contribution in [-0.2, 0) is 0 Å². The van der Waals surface area contributed by atoms with Crippen molar-refractivity contribution >= 4 is 28.1 Å². The van der Waals surface area contributed by atoms with Gasteiger partial charge in [-0.2, -0.15) is 0 Å². The molecule has 0 atom stereocenters. The van der Waals surface area contributed by atoms with Gasteiger partial charge in [0.05, 0.1) is 0 Å². The fraction of sp³-hybridized carbons (Fsp3) is 0.286. The highest BCUT2D eigenvalue weighted by Gasteiger charge is 2.24. The van der Waals surface area contributed by atoms with Crippen LogP contribution in [0.2, 0.25) is 0 Å². The Kier molecular flexibility index (Phi) is 2.92. The van der Waals surface area contributed by atoms with Crippen LogP contribution in [0.5, 0.6) is 11.5 Å². The molecule has 7 heteroatoms. The largest absolute Gasteiger partial charge is 0.454 e. The van der Waals surface area contributed by atoms with Crippen molar-refractivity contribution in [3.8, 4) is 11.5 Å². The average molecular weight is 303 g/mol. The van der Waals surface area contributed by atoms with E-state index < -0.39 is 0 Å². The lowest BCUT2D eigenvalue weighted by molar-refractivity contribution is 0.0947. The number of ether oxygens (including phenoxy) is 2. The first kappa shape index (κ1) is 12.5. The van der Waals surface area contributed by atoms with Crippen LogP contribution in [-0.4, -0.2) is 23.7 Å². The smallest absolute Gasteiger partial charge is 0.271 e. The highest BCUT2D eigenvalue weighted by Crippen LogP contribution is 2.35. The average Bonchev–Trinajstić information content (AvgIpc) is 3.00. The molecule has 4 rings (SSSR count). The summed E-state index contributed by atoms with van der Waals surface area (Å²) in [7, 11) is 0. The predicted octanol–water partition coefficient (Wildman–Crippen LogP) is 2.51. The summed E-state index contributed by atoms with van der Waals surface area (Å²) in [6.45, 7) is 0.252. The van der Waals surface area contributed by atoms with E-state index in [2.05, 4.69) is 15.6 Å². The van der Waals surface area contributed by atoms with E-state index in [0.29, 0.717) is 22.6 Å². The minimum absolute atomic E-state index is 0.104. The first-order valence-electron chi connectivity index (χ1n) is 6.71. The normalized spacial score (nSPS) is 15.8. The van der Waals surface area contributed by atoms with Gasteiger partial charge >= 0.3 is 0 Å². The minimum atomic E-state index is -0.104. The number of thiazole rings is 1. The Morgan fingerprint density at radius 3 is 3.00 bits per heavy atom. The van der Waals surface area contributed by atoms with Crippen LogP contribution in [0.4, 0.5) is 10.8 Å². The van der Waals surface area contributed by atoms with Crippen LogP contribution in [0.15, 0.2) is 23.6 Å². The molecule has 0 spiro atoms. The topological polar surface area (TPSA) is 72.5 Å². The second-order valence-corrected chi connectivity index (χ2v) is 5.84. The first-order valence-corrected chi connectivity index (χ1v) is 7.59. The van der Waals surface area contributed by atoms with Crippen molar-refractivity contribution in [2.75, 3.05) is 12.1 Å². The van der Waals surface area contributed by atoms with Gasteiger partial charge in [0.15, 0.2) is 16.6 Å². The van der Waals surface area contributed by atoms with Crippen LogP contribution >= 0.6 is 11.3 Å². The Morgan fingerprint density at radius 1 is 1.29 bits per heavy atom. The molecule has 0 unspecified atom stereocenters. The van der Waals surface area contributed by atoms with Crippen molar-refractivity contribution in [3.05, 3.63) is 29.3 Å². The number of nitrogens with one attached hydrogen (secondary N) is 2. The predicted molar refractivity (Wildman–Crippen MR) is 78.4 cm³/mol. The molecule has 2 aliphatic rings. The quantitative estimate of drug-likeness (QED) is 0.908. The van der Waals surface area contributed by atoms with E-state index >= 15 is 0 Å². The van der Waals surface area contributed by atoms with E-state index in [1.807, 2.05) is 18.2 Å². The maximum absolute atomic E-state index is 11.9. The number of hydrogen-bond acceptors (Lipinski definition) is 6. The second-order valence-electron chi connectivity index (χ2n) is 4.98. The number of carbonyl (C=O) groups is 1. The molecule has 21 heavy (non-hydrogen) atoms. The molecule has 1 aromatic carbocycles. The molecule has 1 saturated carbocycles. The fourth-order valence-electron chi connectivity index (χ4n) is 2.02. The Balaban J connectivity index is 1.47. The van der Waals surface area contributed by atoms with Crippen LogP contribution in [0.3, 0.4) is 0 Å². The third-order valence-corrected chi connectivity index (χ3v) is 4.03. The first-order chi connectivity index (χ1) is 10.3. The van der Waals surface area contributed by atoms with Crippen LogP contribution in [0, 0.1) is 0 Å². The molecule has 2 N–H and O–H groups in total. The highest BCUT2D eigenvalue weighted by molar-refractivity contribution is 7.14. The summed E-state index contributed by atoms with van der Waals surface area (Å²) in [6, 6.07) is 5.93. The van der Waals surface area contributed by atoms with Crippen molar-refractivity contribution in [2.45, 2.75) is 18.9 Å². The molecule has 2 aromatic rings. The third kappa shape index (κ3) is 2.64. The lowest BCUT2D eigenvalue weighted by atomic mass is 10.3. The van der Waals surface area contributed by atoms with E-state index in [1.165, 1.54) is 11.3 Å². The zero-order valence-corrected chi connectivity index (χ0v) is 11.9. The number of hydrogen-bond donors (Lipinski definition) is 2. The Bertz CT molecular complexity index is 697. The number of nitrogens with zero attached hydrogens (tertiary/aromatic N) is 1. The van der Waals surface area contributed by atoms with Crippen molar-refractivity contribution in [1.29, 1.82) is 0 Å². The standard InChI is InChI=1S/C14H13N3O3S/c18-13(15-8-1-2-8)10-6-21-14(17-10)16-9-3-4-11-12(5-9)20-7-19-11/h3-6,8H,1-2,7H2,(H,15,18)(H,16,17). The van der Waals surface area contributed by atoms with E-state index in [0.717, 1.165) is 24.3 Å². The van der Waals surface area contributed by atoms with Gasteiger partial charge in [0.1, 0.15) is 5.69 Å². The lowest BCUT2D eigenvalue weighted by Gasteiger charge is -2.03. The fourth-order valence-corrected chi connectivity index (χ4v) is 2.73. The van der Waals surface area contributed by atoms with Gasteiger partial charge in [0.2, 0.25) is 6.79 Å². The summed E-state index contributed by atoms with van der Waals surface area (Å²) in [5.41, 5.74) is 1.30. The Hall–Kier alpha value is -2.28. The van der Waals surface area contributed by atoms with Gasteiger partial charge in [-0.1, -0.05) is 0 Å². The molecule has 1 amide bonds. The number of anilines is 2. The number of aromatic nitrogens is 1. The zero-order chi connectivity index (χ0) is 14.2. The number of rotatable bonds is 4. The number of amides is 1. The molecule has 2 heterocycles. The maximum Gasteiger partial charge on any atom is 0.271 e. The summed E-state index contributed by atoms with van der Waals surface area (Å²) in [5, 5.41) is 8.52. The van der Waals surface area contributed by atoms with Crippen molar-refractivity contribution in [3.63, 3.8) is 0 Å². The number of carbonyl (C=O) groups excluding carboxylic acids is 1. The molecular formula is C14H13N3O3S. The van der Waals surface area contributed by atoms with Gasteiger partial charge in [-0.3, -0.25) is 4.79 Å². The summed E-state index contributed by atoms with van der Waals surface area (Å²) in [5.74, 6) is 1.35. The molecule has 0 radical (unpaired) electrons. The molecule has 0 saturated heterocycles. The van der Waals surface area contributed by atoms with Gasteiger partial charge in [-0.25, -0.2) is 4.98 Å². The summed E-state index contributed by atoms with van der Waals surface area (Å²) in [6.07, 6.45) is 2.14. The van der Waals surface area contributed by atoms with Gasteiger partial charge in [-0.05, 0) is 25.0 Å². The minimum Gasteiger partial charge on any atom is -0.454 e. The third-order valence-electron chi connectivity index (χ3n) is 3.27. The molecule has 1 fully saturated rings. The Morgan fingerprint density at radius 2 is 2.14 bits per heavy atom. The van der Waals surface area contributed by atoms with Crippen molar-refractivity contribution < 1.29 is 14.3 Å². The molecule has 108 valence electrons. The molecule has 1 aliphatic heterocycles. The summed E-state index contributed by atoms with van der Waals surface area (Å²) < 4.78 is 10.6. The summed E-state index contributed by atoms with van der Waals surface area (Å²) >= 11 is 1.40. The van der Waals surface area contributed by atoms with E-state index in [9.17, 15) is 4.79 Å². The highest BCUT2D eigenvalue weighted by atomic mass is 32.1. The number of benzene rings is 1. The molecule has 0 bridgehead atoms. The Labute approximate surface area is 125 Å². The van der Waals surface area contributed by atoms with Crippen molar-refractivity contribution in [1.82, 2.24) is 10.3 Å². The maximum atomic E-state index is 11.9. The van der Waals surface area contributed by atoms with Gasteiger partial charge in [-0.15, -0.1) is 11.3 Å². The van der Waals surface area contributed by atoms with Gasteiger partial charge in [0.25, 0.3) is 5.91 Å². The van der Waals surface area contributed by atoms with E-state index in [4.69, 9.17) is 9.47 Å². The molecule has 6 nitrogen and oxygen atoms in total. The van der Waals surface area contributed by atoms with Crippen molar-refractivity contribution in [2.24, 2.45) is 0 Å². The van der Waals surface area contributed by atoms with Crippen LogP contribution in [0.25, 0.3) is 0 Å². The van der Waals surface area contributed by atoms with Gasteiger partial charge < -0.3 is 20.1 Å². The van der Waals surface area contributed by atoms with Crippen LogP contribution < -0.4 is 20.1 Å². The zero-order valence-electron chi connectivity index (χ0n) is 11.1.